The van der Waals surface area contributed by atoms with Crippen molar-refractivity contribution in [2.24, 2.45) is 0 Å². The van der Waals surface area contributed by atoms with Crippen molar-refractivity contribution in [1.29, 1.82) is 0 Å². The molecule has 4 nitrogen and oxygen atoms in total. The number of carbonyl (C=O) groups is 1. The molecular weight excluding hydrogens is 294 g/mol. The number of rotatable bonds is 4. The second-order valence-corrected chi connectivity index (χ2v) is 5.62. The number of likely N-dealkylation sites (N-methyl/N-ethyl adjacent to an activating group) is 1. The fourth-order valence-corrected chi connectivity index (χ4v) is 2.70. The van der Waals surface area contributed by atoms with Gasteiger partial charge in [-0.05, 0) is 40.9 Å². The number of pyridine rings is 1. The minimum Gasteiger partial charge on any atom is -0.358 e. The maximum atomic E-state index is 11.5. The molecule has 98 valence electrons. The minimum absolute atomic E-state index is 0.281. The van der Waals surface area contributed by atoms with Crippen molar-refractivity contribution < 1.29 is 4.79 Å². The Morgan fingerprint density at radius 3 is 2.94 bits per heavy atom. The van der Waals surface area contributed by atoms with E-state index in [0.29, 0.717) is 6.42 Å². The molecule has 0 spiro atoms. The lowest BCUT2D eigenvalue weighted by atomic mass is 10.3. The average Bonchev–Trinajstić information content (AvgIpc) is 2.72. The van der Waals surface area contributed by atoms with E-state index in [9.17, 15) is 4.79 Å². The second-order valence-electron chi connectivity index (χ2n) is 4.70. The van der Waals surface area contributed by atoms with Crippen LogP contribution in [0.5, 0.6) is 0 Å². The summed E-state index contributed by atoms with van der Waals surface area (Å²) in [5.74, 6) is 1.26. The standard InChI is InChI=1S/C13H18BrN3O/c1-10-8-11(14)9-15-13(10)16(2)6-7-17-5-3-4-12(17)18/h8-9H,3-7H2,1-2H3. The van der Waals surface area contributed by atoms with Gasteiger partial charge in [-0.1, -0.05) is 0 Å². The third kappa shape index (κ3) is 3.02. The van der Waals surface area contributed by atoms with E-state index < -0.39 is 0 Å². The lowest BCUT2D eigenvalue weighted by Crippen LogP contribution is -2.34. The zero-order valence-corrected chi connectivity index (χ0v) is 12.4. The molecule has 18 heavy (non-hydrogen) atoms. The Morgan fingerprint density at radius 2 is 2.33 bits per heavy atom. The molecular formula is C13H18BrN3O. The second kappa shape index (κ2) is 5.69. The molecule has 1 aromatic heterocycles. The smallest absolute Gasteiger partial charge is 0.222 e. The van der Waals surface area contributed by atoms with Crippen LogP contribution in [0.2, 0.25) is 0 Å². The summed E-state index contributed by atoms with van der Waals surface area (Å²) in [7, 11) is 2.02. The molecule has 0 N–H and O–H groups in total. The van der Waals surface area contributed by atoms with Crippen LogP contribution in [0.3, 0.4) is 0 Å². The highest BCUT2D eigenvalue weighted by Crippen LogP contribution is 2.19. The first kappa shape index (κ1) is 13.3. The molecule has 0 radical (unpaired) electrons. The van der Waals surface area contributed by atoms with Crippen molar-refractivity contribution in [3.63, 3.8) is 0 Å². The van der Waals surface area contributed by atoms with E-state index in [4.69, 9.17) is 0 Å². The number of aryl methyl sites for hydroxylation is 1. The highest BCUT2D eigenvalue weighted by molar-refractivity contribution is 9.10. The van der Waals surface area contributed by atoms with E-state index in [1.165, 1.54) is 0 Å². The molecule has 1 fully saturated rings. The van der Waals surface area contributed by atoms with Crippen molar-refractivity contribution in [1.82, 2.24) is 9.88 Å². The van der Waals surface area contributed by atoms with Crippen LogP contribution in [0, 0.1) is 6.92 Å². The average molecular weight is 312 g/mol. The maximum absolute atomic E-state index is 11.5. The molecule has 2 heterocycles. The van der Waals surface area contributed by atoms with Gasteiger partial charge in [0.2, 0.25) is 5.91 Å². The SMILES string of the molecule is Cc1cc(Br)cnc1N(C)CCN1CCCC1=O. The normalized spacial score (nSPS) is 15.3. The van der Waals surface area contributed by atoms with Gasteiger partial charge in [-0.3, -0.25) is 4.79 Å². The van der Waals surface area contributed by atoms with Gasteiger partial charge < -0.3 is 9.80 Å². The Bertz CT molecular complexity index is 450. The lowest BCUT2D eigenvalue weighted by Gasteiger charge is -2.23. The molecule has 5 heteroatoms. The number of nitrogens with zero attached hydrogens (tertiary/aromatic N) is 3. The lowest BCUT2D eigenvalue weighted by molar-refractivity contribution is -0.127. The predicted octanol–water partition coefficient (Wildman–Crippen LogP) is 2.21. The van der Waals surface area contributed by atoms with Gasteiger partial charge in [0.1, 0.15) is 5.82 Å². The fraction of sp³-hybridized carbons (Fsp3) is 0.538. The monoisotopic (exact) mass is 311 g/mol. The molecule has 0 aliphatic carbocycles. The third-order valence-corrected chi connectivity index (χ3v) is 3.69. The summed E-state index contributed by atoms with van der Waals surface area (Å²) in [5.41, 5.74) is 1.14. The molecule has 0 aromatic carbocycles. The highest BCUT2D eigenvalue weighted by Gasteiger charge is 2.20. The Morgan fingerprint density at radius 1 is 1.56 bits per heavy atom. The summed E-state index contributed by atoms with van der Waals surface area (Å²) < 4.78 is 0.992. The minimum atomic E-state index is 0.281. The molecule has 0 bridgehead atoms. The Balaban J connectivity index is 1.95. The first-order valence-electron chi connectivity index (χ1n) is 6.19. The summed E-state index contributed by atoms with van der Waals surface area (Å²) in [4.78, 5) is 20.0. The van der Waals surface area contributed by atoms with Crippen LogP contribution in [0.1, 0.15) is 18.4 Å². The fourth-order valence-electron chi connectivity index (χ4n) is 2.25. The number of amides is 1. The first-order chi connectivity index (χ1) is 8.58. The van der Waals surface area contributed by atoms with Crippen LogP contribution in [0.4, 0.5) is 5.82 Å². The van der Waals surface area contributed by atoms with Gasteiger partial charge in [-0.25, -0.2) is 4.98 Å². The number of hydrogen-bond donors (Lipinski definition) is 0. The number of anilines is 1. The Labute approximate surface area is 116 Å². The van der Waals surface area contributed by atoms with Gasteiger partial charge in [-0.2, -0.15) is 0 Å². The van der Waals surface area contributed by atoms with E-state index in [2.05, 4.69) is 31.9 Å². The topological polar surface area (TPSA) is 36.4 Å². The van der Waals surface area contributed by atoms with Crippen LogP contribution < -0.4 is 4.90 Å². The summed E-state index contributed by atoms with van der Waals surface area (Å²) in [6, 6.07) is 2.06. The van der Waals surface area contributed by atoms with Gasteiger partial charge in [0.25, 0.3) is 0 Å². The van der Waals surface area contributed by atoms with Crippen molar-refractivity contribution in [3.05, 3.63) is 22.3 Å². The van der Waals surface area contributed by atoms with Crippen LogP contribution in [-0.2, 0) is 4.79 Å². The number of hydrogen-bond acceptors (Lipinski definition) is 3. The molecule has 0 unspecified atom stereocenters. The van der Waals surface area contributed by atoms with Gasteiger partial charge in [0, 0.05) is 43.8 Å². The molecule has 0 atom stereocenters. The van der Waals surface area contributed by atoms with Gasteiger partial charge in [0.05, 0.1) is 0 Å². The summed E-state index contributed by atoms with van der Waals surface area (Å²) in [5, 5.41) is 0. The van der Waals surface area contributed by atoms with Crippen molar-refractivity contribution in [2.45, 2.75) is 19.8 Å². The number of aromatic nitrogens is 1. The molecule has 1 aromatic rings. The van der Waals surface area contributed by atoms with Crippen LogP contribution in [0.15, 0.2) is 16.7 Å². The van der Waals surface area contributed by atoms with Crippen LogP contribution in [-0.4, -0.2) is 42.5 Å². The Hall–Kier alpha value is -1.10. The number of carbonyl (C=O) groups excluding carboxylic acids is 1. The van der Waals surface area contributed by atoms with E-state index in [-0.39, 0.29) is 5.91 Å². The van der Waals surface area contributed by atoms with Crippen molar-refractivity contribution >= 4 is 27.7 Å². The first-order valence-corrected chi connectivity index (χ1v) is 6.98. The third-order valence-electron chi connectivity index (χ3n) is 3.26. The largest absolute Gasteiger partial charge is 0.358 e. The number of likely N-dealkylation sites (tertiary alicyclic amines) is 1. The quantitative estimate of drug-likeness (QED) is 0.855. The summed E-state index contributed by atoms with van der Waals surface area (Å²) >= 11 is 3.41. The van der Waals surface area contributed by atoms with Gasteiger partial charge in [0.15, 0.2) is 0 Å². The molecule has 0 saturated carbocycles. The maximum Gasteiger partial charge on any atom is 0.222 e. The van der Waals surface area contributed by atoms with Gasteiger partial charge >= 0.3 is 0 Å². The van der Waals surface area contributed by atoms with Crippen LogP contribution >= 0.6 is 15.9 Å². The van der Waals surface area contributed by atoms with E-state index in [1.54, 1.807) is 6.20 Å². The Kier molecular flexibility index (Phi) is 4.22. The number of halogens is 1. The summed E-state index contributed by atoms with van der Waals surface area (Å²) in [6.07, 6.45) is 3.51. The van der Waals surface area contributed by atoms with Gasteiger partial charge in [-0.15, -0.1) is 0 Å². The summed E-state index contributed by atoms with van der Waals surface area (Å²) in [6.45, 7) is 4.55. The van der Waals surface area contributed by atoms with Crippen LogP contribution in [0.25, 0.3) is 0 Å². The van der Waals surface area contributed by atoms with Crippen molar-refractivity contribution in [3.8, 4) is 0 Å². The predicted molar refractivity (Wildman–Crippen MR) is 75.8 cm³/mol. The zero-order valence-electron chi connectivity index (χ0n) is 10.8. The van der Waals surface area contributed by atoms with E-state index in [1.807, 2.05) is 18.9 Å². The zero-order chi connectivity index (χ0) is 13.1. The van der Waals surface area contributed by atoms with E-state index >= 15 is 0 Å². The molecule has 1 aliphatic heterocycles. The molecule has 2 rings (SSSR count). The molecule has 1 saturated heterocycles. The van der Waals surface area contributed by atoms with Crippen molar-refractivity contribution in [2.75, 3.05) is 31.6 Å². The van der Waals surface area contributed by atoms with E-state index in [0.717, 1.165) is 41.9 Å². The molecule has 1 aliphatic rings. The molecule has 1 amide bonds. The highest BCUT2D eigenvalue weighted by atomic mass is 79.9.